The SMILES string of the molecule is Nc1nc2c(o1)CCN(Cc1ccccc1)C2. The molecule has 1 aliphatic rings. The van der Waals surface area contributed by atoms with Crippen LogP contribution in [-0.4, -0.2) is 16.4 Å². The maximum Gasteiger partial charge on any atom is 0.292 e. The van der Waals surface area contributed by atoms with Gasteiger partial charge in [0.25, 0.3) is 6.01 Å². The molecule has 0 bridgehead atoms. The summed E-state index contributed by atoms with van der Waals surface area (Å²) in [6.45, 7) is 2.77. The lowest BCUT2D eigenvalue weighted by Gasteiger charge is -2.24. The summed E-state index contributed by atoms with van der Waals surface area (Å²) in [6, 6.07) is 10.8. The Labute approximate surface area is 100 Å². The number of benzene rings is 1. The first kappa shape index (κ1) is 10.4. The zero-order valence-corrected chi connectivity index (χ0v) is 9.60. The molecule has 0 amide bonds. The molecule has 3 rings (SSSR count). The molecule has 1 aromatic carbocycles. The largest absolute Gasteiger partial charge is 0.429 e. The summed E-state index contributed by atoms with van der Waals surface area (Å²) in [5.41, 5.74) is 7.88. The van der Waals surface area contributed by atoms with E-state index in [1.54, 1.807) is 0 Å². The van der Waals surface area contributed by atoms with E-state index in [4.69, 9.17) is 10.2 Å². The van der Waals surface area contributed by atoms with Crippen LogP contribution >= 0.6 is 0 Å². The Hall–Kier alpha value is -1.81. The van der Waals surface area contributed by atoms with Crippen LogP contribution in [0.15, 0.2) is 34.7 Å². The van der Waals surface area contributed by atoms with Gasteiger partial charge in [-0.05, 0) is 5.56 Å². The molecule has 1 aromatic heterocycles. The number of fused-ring (bicyclic) bond motifs is 1. The van der Waals surface area contributed by atoms with Gasteiger partial charge in [0.1, 0.15) is 5.76 Å². The van der Waals surface area contributed by atoms with E-state index in [0.717, 1.165) is 37.5 Å². The van der Waals surface area contributed by atoms with Gasteiger partial charge < -0.3 is 10.2 Å². The first-order chi connectivity index (χ1) is 8.31. The highest BCUT2D eigenvalue weighted by molar-refractivity contribution is 5.22. The van der Waals surface area contributed by atoms with Crippen LogP contribution in [0.2, 0.25) is 0 Å². The van der Waals surface area contributed by atoms with Gasteiger partial charge in [-0.1, -0.05) is 30.3 Å². The van der Waals surface area contributed by atoms with Crippen molar-refractivity contribution >= 4 is 6.01 Å². The standard InChI is InChI=1S/C13H15N3O/c14-13-15-11-9-16(7-6-12(11)17-13)8-10-4-2-1-3-5-10/h1-5H,6-9H2,(H2,14,15). The van der Waals surface area contributed by atoms with Gasteiger partial charge >= 0.3 is 0 Å². The number of hydrogen-bond donors (Lipinski definition) is 1. The van der Waals surface area contributed by atoms with Crippen molar-refractivity contribution in [2.45, 2.75) is 19.5 Å². The zero-order valence-electron chi connectivity index (χ0n) is 9.60. The van der Waals surface area contributed by atoms with Crippen molar-refractivity contribution in [1.82, 2.24) is 9.88 Å². The normalized spacial score (nSPS) is 15.8. The summed E-state index contributed by atoms with van der Waals surface area (Å²) in [4.78, 5) is 6.57. The molecular weight excluding hydrogens is 214 g/mol. The summed E-state index contributed by atoms with van der Waals surface area (Å²) in [5, 5.41) is 0. The van der Waals surface area contributed by atoms with Crippen LogP contribution in [0.25, 0.3) is 0 Å². The second kappa shape index (κ2) is 4.22. The Kier molecular flexibility index (Phi) is 2.57. The predicted octanol–water partition coefficient (Wildman–Crippen LogP) is 1.82. The molecule has 0 aliphatic carbocycles. The van der Waals surface area contributed by atoms with Gasteiger partial charge in [-0.15, -0.1) is 0 Å². The minimum absolute atomic E-state index is 0.288. The Morgan fingerprint density at radius 2 is 2.12 bits per heavy atom. The van der Waals surface area contributed by atoms with Crippen LogP contribution in [0, 0.1) is 0 Å². The fourth-order valence-corrected chi connectivity index (χ4v) is 2.25. The first-order valence-corrected chi connectivity index (χ1v) is 5.81. The molecule has 0 unspecified atom stereocenters. The Morgan fingerprint density at radius 3 is 2.94 bits per heavy atom. The average molecular weight is 229 g/mol. The molecule has 2 N–H and O–H groups in total. The summed E-state index contributed by atoms with van der Waals surface area (Å²) in [5.74, 6) is 0.951. The van der Waals surface area contributed by atoms with Crippen molar-refractivity contribution in [1.29, 1.82) is 0 Å². The molecule has 17 heavy (non-hydrogen) atoms. The highest BCUT2D eigenvalue weighted by Crippen LogP contribution is 2.21. The third kappa shape index (κ3) is 2.17. The van der Waals surface area contributed by atoms with Gasteiger partial charge in [0.15, 0.2) is 0 Å². The van der Waals surface area contributed by atoms with Crippen molar-refractivity contribution in [2.75, 3.05) is 12.3 Å². The highest BCUT2D eigenvalue weighted by atomic mass is 16.4. The molecule has 2 heterocycles. The van der Waals surface area contributed by atoms with Gasteiger partial charge in [-0.2, -0.15) is 4.98 Å². The van der Waals surface area contributed by atoms with Crippen molar-refractivity contribution in [3.63, 3.8) is 0 Å². The number of anilines is 1. The fraction of sp³-hybridized carbons (Fsp3) is 0.308. The van der Waals surface area contributed by atoms with Gasteiger partial charge in [-0.25, -0.2) is 0 Å². The van der Waals surface area contributed by atoms with E-state index in [1.165, 1.54) is 5.56 Å². The summed E-state index contributed by atoms with van der Waals surface area (Å²) >= 11 is 0. The van der Waals surface area contributed by atoms with Gasteiger partial charge in [-0.3, -0.25) is 4.90 Å². The number of hydrogen-bond acceptors (Lipinski definition) is 4. The van der Waals surface area contributed by atoms with E-state index in [0.29, 0.717) is 0 Å². The maximum atomic E-state index is 5.56. The Bertz CT molecular complexity index is 507. The third-order valence-electron chi connectivity index (χ3n) is 3.07. The summed E-state index contributed by atoms with van der Waals surface area (Å²) in [7, 11) is 0. The number of nitrogen functional groups attached to an aromatic ring is 1. The van der Waals surface area contributed by atoms with Crippen LogP contribution in [0.4, 0.5) is 6.01 Å². The van der Waals surface area contributed by atoms with E-state index in [9.17, 15) is 0 Å². The van der Waals surface area contributed by atoms with E-state index in [2.05, 4.69) is 34.1 Å². The lowest BCUT2D eigenvalue weighted by Crippen LogP contribution is -2.29. The summed E-state index contributed by atoms with van der Waals surface area (Å²) < 4.78 is 5.34. The number of oxazole rings is 1. The third-order valence-corrected chi connectivity index (χ3v) is 3.07. The van der Waals surface area contributed by atoms with E-state index < -0.39 is 0 Å². The number of nitrogens with two attached hydrogens (primary N) is 1. The quantitative estimate of drug-likeness (QED) is 0.853. The minimum Gasteiger partial charge on any atom is -0.429 e. The molecule has 4 nitrogen and oxygen atoms in total. The van der Waals surface area contributed by atoms with Crippen molar-refractivity contribution < 1.29 is 4.42 Å². The number of aromatic nitrogens is 1. The van der Waals surface area contributed by atoms with E-state index in [1.807, 2.05) is 6.07 Å². The summed E-state index contributed by atoms with van der Waals surface area (Å²) in [6.07, 6.45) is 0.895. The molecule has 0 saturated carbocycles. The van der Waals surface area contributed by atoms with Gasteiger partial charge in [0.2, 0.25) is 0 Å². The van der Waals surface area contributed by atoms with Crippen molar-refractivity contribution in [3.05, 3.63) is 47.3 Å². The molecule has 0 spiro atoms. The predicted molar refractivity (Wildman–Crippen MR) is 65.2 cm³/mol. The highest BCUT2D eigenvalue weighted by Gasteiger charge is 2.21. The van der Waals surface area contributed by atoms with Crippen LogP contribution in [0.1, 0.15) is 17.0 Å². The second-order valence-electron chi connectivity index (χ2n) is 4.37. The molecular formula is C13H15N3O. The van der Waals surface area contributed by atoms with Crippen LogP contribution in [0.5, 0.6) is 0 Å². The van der Waals surface area contributed by atoms with E-state index in [-0.39, 0.29) is 6.01 Å². The molecule has 1 aliphatic heterocycles. The maximum absolute atomic E-state index is 5.56. The smallest absolute Gasteiger partial charge is 0.292 e. The molecule has 4 heteroatoms. The van der Waals surface area contributed by atoms with Crippen LogP contribution < -0.4 is 5.73 Å². The fourth-order valence-electron chi connectivity index (χ4n) is 2.25. The molecule has 0 saturated heterocycles. The molecule has 88 valence electrons. The molecule has 0 fully saturated rings. The van der Waals surface area contributed by atoms with Crippen LogP contribution in [-0.2, 0) is 19.5 Å². The van der Waals surface area contributed by atoms with Crippen LogP contribution in [0.3, 0.4) is 0 Å². The lowest BCUT2D eigenvalue weighted by atomic mass is 10.1. The second-order valence-corrected chi connectivity index (χ2v) is 4.37. The lowest BCUT2D eigenvalue weighted by molar-refractivity contribution is 0.232. The van der Waals surface area contributed by atoms with Crippen molar-refractivity contribution in [3.8, 4) is 0 Å². The van der Waals surface area contributed by atoms with E-state index >= 15 is 0 Å². The van der Waals surface area contributed by atoms with Gasteiger partial charge in [0.05, 0.1) is 5.69 Å². The Morgan fingerprint density at radius 1 is 1.29 bits per heavy atom. The molecule has 0 atom stereocenters. The van der Waals surface area contributed by atoms with Gasteiger partial charge in [0, 0.05) is 26.1 Å². The monoisotopic (exact) mass is 229 g/mol. The average Bonchev–Trinajstić information content (AvgIpc) is 2.70. The topological polar surface area (TPSA) is 55.3 Å². The Balaban J connectivity index is 1.72. The minimum atomic E-state index is 0.288. The van der Waals surface area contributed by atoms with Crippen molar-refractivity contribution in [2.24, 2.45) is 0 Å². The molecule has 0 radical (unpaired) electrons. The first-order valence-electron chi connectivity index (χ1n) is 5.81. The zero-order chi connectivity index (χ0) is 11.7. The molecule has 2 aromatic rings. The number of nitrogens with zero attached hydrogens (tertiary/aromatic N) is 2. The number of rotatable bonds is 2.